The van der Waals surface area contributed by atoms with Crippen LogP contribution in [0.1, 0.15) is 116 Å². The molecule has 0 spiro atoms. The van der Waals surface area contributed by atoms with Gasteiger partial charge in [0.25, 0.3) is 0 Å². The second kappa shape index (κ2) is 33.8. The Kier molecular flexibility index (Phi) is 36.4. The van der Waals surface area contributed by atoms with E-state index in [-0.39, 0.29) is 70.4 Å². The van der Waals surface area contributed by atoms with Crippen LogP contribution >= 0.6 is 61.3 Å². The first-order valence-electron chi connectivity index (χ1n) is 22.4. The van der Waals surface area contributed by atoms with Gasteiger partial charge in [0.1, 0.15) is 29.4 Å². The van der Waals surface area contributed by atoms with Gasteiger partial charge >= 0.3 is 73.5 Å². The summed E-state index contributed by atoms with van der Waals surface area (Å²) >= 11 is 12.2. The van der Waals surface area contributed by atoms with Crippen LogP contribution in [-0.4, -0.2) is 115 Å². The predicted molar refractivity (Wildman–Crippen MR) is 315 cm³/mol. The van der Waals surface area contributed by atoms with Gasteiger partial charge in [-0.15, -0.1) is 0 Å². The third kappa shape index (κ3) is 27.5. The number of halogens is 7. The number of nitro groups is 2. The van der Waals surface area contributed by atoms with E-state index in [1.54, 1.807) is 7.11 Å². The molecule has 0 aliphatic carbocycles. The molecule has 1 N–H and O–H groups in total. The Labute approximate surface area is 505 Å². The number of nitrogens with one attached hydrogen (secondary N) is 1. The maximum absolute atomic E-state index is 14.5. The second-order valence-electron chi connectivity index (χ2n) is 20.7. The van der Waals surface area contributed by atoms with Gasteiger partial charge in [0.2, 0.25) is 17.5 Å². The van der Waals surface area contributed by atoms with Gasteiger partial charge in [-0.1, -0.05) is 96.8 Å². The zero-order chi connectivity index (χ0) is 58.3. The Morgan fingerprint density at radius 1 is 0.667 bits per heavy atom. The molecule has 4 rings (SSSR count). The summed E-state index contributed by atoms with van der Waals surface area (Å²) in [6.45, 7) is 38.0. The number of rotatable bonds is 9. The number of ether oxygens (including phenoxy) is 1. The summed E-state index contributed by atoms with van der Waals surface area (Å²) in [5.74, 6) is -2.76. The van der Waals surface area contributed by atoms with Crippen molar-refractivity contribution in [3.63, 3.8) is 0 Å². The van der Waals surface area contributed by atoms with Crippen LogP contribution in [0.5, 0.6) is 0 Å². The van der Waals surface area contributed by atoms with E-state index in [2.05, 4.69) is 151 Å². The molecule has 0 saturated heterocycles. The zero-order valence-corrected chi connectivity index (χ0v) is 59.3. The molecule has 30 heteroatoms. The average molecular weight is 1370 g/mol. The fourth-order valence-electron chi connectivity index (χ4n) is 5.37. The first kappa shape index (κ1) is 80.7. The minimum atomic E-state index is -2.95. The van der Waals surface area contributed by atoms with E-state index < -0.39 is 73.8 Å². The van der Waals surface area contributed by atoms with E-state index in [4.69, 9.17) is 30.4 Å². The monoisotopic (exact) mass is 1370 g/mol. The topological polar surface area (TPSA) is 212 Å². The Hall–Kier alpha value is -0.806. The predicted octanol–water partition coefficient (Wildman–Crippen LogP) is 14.8. The maximum atomic E-state index is 14.5. The normalized spacial score (nSPS) is 12.3. The van der Waals surface area contributed by atoms with Gasteiger partial charge in [0, 0.05) is 31.6 Å². The first-order valence-corrected chi connectivity index (χ1v) is 41.2. The van der Waals surface area contributed by atoms with Crippen LogP contribution in [0.4, 0.5) is 34.6 Å². The fourth-order valence-corrected chi connectivity index (χ4v) is 9.24. The number of nitro benzene ring substituents is 2. The molecule has 2 atom stereocenters. The fraction of sp³-hybridized carbons (Fsp3) is 0.578. The average Bonchev–Trinajstić information content (AvgIpc) is 3.58. The van der Waals surface area contributed by atoms with Gasteiger partial charge in [-0.3, -0.25) is 20.2 Å². The standard InChI is InChI=1S/C19H30BrFN2OSi.C10H12BrFN2O2.C9H22O2Si.C6H2BrF2NO2.CH4.2Na.O4S2.H2S/c1-12(24-25(8,9)19(5,6)7)17-22-16-14(21)10-13(20)11-15(16)23(17)18(2,3)4;1-10(2,3)13-8-5-6(11)4-7(12)9(8)14(15)16;1-8(10-5)11-12(6,7)9(2,3)4;7-3-1-4(8)6(10(11)12)5(9)2-3;;;;1-5(2)6(3)4;/h10-12H,1-9H3;4-5,13H,1-3H3;8H,1-7H3;1-2H;1H4;;;;1H2/t12-;;8-;;;;;;/m0.0....../s1. The Bertz CT molecular complexity index is 2730. The molecule has 4 aromatic rings. The molecule has 0 unspecified atom stereocenters. The van der Waals surface area contributed by atoms with E-state index in [0.717, 1.165) is 29.5 Å². The molecule has 0 saturated carbocycles. The quantitative estimate of drug-likeness (QED) is 0.0544. The van der Waals surface area contributed by atoms with Crippen molar-refractivity contribution in [2.24, 2.45) is 0 Å². The van der Waals surface area contributed by atoms with Crippen LogP contribution < -0.4 is 5.32 Å². The summed E-state index contributed by atoms with van der Waals surface area (Å²) in [5, 5.41) is 24.1. The van der Waals surface area contributed by atoms with Crippen LogP contribution in [-0.2, 0) is 37.7 Å². The summed E-state index contributed by atoms with van der Waals surface area (Å²) in [5.41, 5.74) is -0.903. The SMILES string of the molecule is C.CC(C)(C)Nc1cc(Br)cc(F)c1[N+](=O)[O-].CO[C@H](C)O[Si](C)(C)C(C)(C)C.C[C@H](O[Si](C)(C)C(C)(C)C)c1nc2c(F)cc(Br)cc2n1C(C)(C)C.O=S(=O)=S(=O)=O.O=[N+]([O-])c1c(F)cc(Br)cc1F.S.[Na][Na]. The Morgan fingerprint density at radius 3 is 1.35 bits per heavy atom. The van der Waals surface area contributed by atoms with Crippen LogP contribution in [0.25, 0.3) is 11.0 Å². The van der Waals surface area contributed by atoms with Crippen molar-refractivity contribution in [2.45, 2.75) is 164 Å². The molecule has 1 heterocycles. The second-order valence-corrected chi connectivity index (χ2v) is 35.4. The van der Waals surface area contributed by atoms with E-state index in [0.29, 0.717) is 14.5 Å². The molecule has 1 aromatic heterocycles. The molecule has 0 aliphatic heterocycles. The van der Waals surface area contributed by atoms with E-state index in [9.17, 15) is 37.8 Å². The van der Waals surface area contributed by atoms with Gasteiger partial charge in [-0.05, 0) is 128 Å². The van der Waals surface area contributed by atoms with Gasteiger partial charge < -0.3 is 23.5 Å². The van der Waals surface area contributed by atoms with Gasteiger partial charge in [-0.25, -0.2) is 9.37 Å². The van der Waals surface area contributed by atoms with Crippen molar-refractivity contribution in [1.29, 1.82) is 0 Å². The number of nitrogens with zero attached hydrogens (tertiary/aromatic N) is 4. The molecule has 0 amide bonds. The number of imidazole rings is 1. The number of aromatic nitrogens is 2. The Morgan fingerprint density at radius 2 is 1.01 bits per heavy atom. The third-order valence-corrected chi connectivity index (χ3v) is 22.0. The summed E-state index contributed by atoms with van der Waals surface area (Å²) in [4.78, 5) is 23.6. The molecule has 420 valence electrons. The van der Waals surface area contributed by atoms with E-state index >= 15 is 0 Å². The third-order valence-electron chi connectivity index (χ3n) is 10.6. The van der Waals surface area contributed by atoms with Crippen LogP contribution in [0.2, 0.25) is 36.3 Å². The van der Waals surface area contributed by atoms with Crippen molar-refractivity contribution in [1.82, 2.24) is 9.55 Å². The number of methoxy groups -OCH3 is 1. The minimum absolute atomic E-state index is 0. The van der Waals surface area contributed by atoms with Crippen molar-refractivity contribution in [3.05, 3.63) is 99.1 Å². The van der Waals surface area contributed by atoms with Crippen molar-refractivity contribution >= 4 is 168 Å². The summed E-state index contributed by atoms with van der Waals surface area (Å²) in [7, 11) is -7.80. The van der Waals surface area contributed by atoms with Crippen molar-refractivity contribution in [2.75, 3.05) is 12.4 Å². The molecular formula is C45H72Br3F4N5Na2O11S3Si2. The van der Waals surface area contributed by atoms with E-state index in [1.165, 1.54) is 55.8 Å². The van der Waals surface area contributed by atoms with Gasteiger partial charge in [0.15, 0.2) is 22.5 Å². The molecule has 0 aliphatic rings. The van der Waals surface area contributed by atoms with Gasteiger partial charge in [-0.2, -0.15) is 43.5 Å². The number of hydrogen-bond donors (Lipinski definition) is 1. The van der Waals surface area contributed by atoms with E-state index in [1.807, 2.05) is 40.7 Å². The number of benzene rings is 3. The summed E-state index contributed by atoms with van der Waals surface area (Å²) in [6, 6.07) is 7.63. The van der Waals surface area contributed by atoms with Gasteiger partial charge in [0.05, 0.1) is 15.4 Å². The zero-order valence-electron chi connectivity index (χ0n) is 45.9. The van der Waals surface area contributed by atoms with Crippen molar-refractivity contribution in [3.8, 4) is 0 Å². The molecule has 16 nitrogen and oxygen atoms in total. The number of hydrogen-bond acceptors (Lipinski definition) is 13. The molecule has 0 radical (unpaired) electrons. The molecular weight excluding hydrogens is 1300 g/mol. The van der Waals surface area contributed by atoms with Crippen LogP contribution in [0, 0.1) is 43.5 Å². The summed E-state index contributed by atoms with van der Waals surface area (Å²) < 4.78 is 110. The first-order chi connectivity index (χ1) is 32.7. The van der Waals surface area contributed by atoms with Crippen LogP contribution in [0.3, 0.4) is 0 Å². The Balaban J connectivity index is -0.000000441. The molecule has 75 heavy (non-hydrogen) atoms. The summed E-state index contributed by atoms with van der Waals surface area (Å²) in [6.07, 6.45) is -0.281. The molecule has 3 aromatic carbocycles. The molecule has 0 bridgehead atoms. The molecule has 0 fully saturated rings. The van der Waals surface area contributed by atoms with Crippen molar-refractivity contribution < 1.29 is 57.8 Å². The van der Waals surface area contributed by atoms with Crippen LogP contribution in [0.15, 0.2) is 49.8 Å². The number of anilines is 1. The number of fused-ring (bicyclic) bond motifs is 1.